The van der Waals surface area contributed by atoms with Gasteiger partial charge in [0.25, 0.3) is 5.91 Å². The number of methoxy groups -OCH3 is 3. The van der Waals surface area contributed by atoms with E-state index in [0.29, 0.717) is 22.0 Å². The number of anilines is 2. The number of halogens is 1. The first-order valence-corrected chi connectivity index (χ1v) is 12.3. The third-order valence-corrected chi connectivity index (χ3v) is 6.39. The summed E-state index contributed by atoms with van der Waals surface area (Å²) < 4.78 is 42.9. The fraction of sp³-hybridized carbons (Fsp3) is 0.208. The number of nitrogens with one attached hydrogen (secondary N) is 1. The number of hydrogen-bond donors (Lipinski definition) is 1. The molecule has 3 aromatic rings. The Morgan fingerprint density at radius 1 is 0.912 bits per heavy atom. The Hall–Kier alpha value is -3.43. The van der Waals surface area contributed by atoms with Crippen LogP contribution >= 0.6 is 11.6 Å². The van der Waals surface area contributed by atoms with Gasteiger partial charge in [0, 0.05) is 11.1 Å². The van der Waals surface area contributed by atoms with Gasteiger partial charge in [-0.1, -0.05) is 35.9 Å². The van der Waals surface area contributed by atoms with Crippen LogP contribution in [0.2, 0.25) is 5.02 Å². The Morgan fingerprint density at radius 2 is 1.50 bits per heavy atom. The van der Waals surface area contributed by atoms with Crippen LogP contribution in [0.3, 0.4) is 0 Å². The molecule has 10 heteroatoms. The highest BCUT2D eigenvalue weighted by Gasteiger charge is 2.27. The molecule has 0 saturated carbocycles. The topological polar surface area (TPSA) is 94.2 Å². The largest absolute Gasteiger partial charge is 0.495 e. The molecule has 0 saturated heterocycles. The van der Waals surface area contributed by atoms with Gasteiger partial charge in [-0.05, 0) is 35.9 Å². The van der Waals surface area contributed by atoms with Crippen LogP contribution in [0.15, 0.2) is 60.7 Å². The van der Waals surface area contributed by atoms with Crippen molar-refractivity contribution in [3.05, 3.63) is 76.8 Å². The molecule has 0 aromatic heterocycles. The minimum Gasteiger partial charge on any atom is -0.495 e. The quantitative estimate of drug-likeness (QED) is 0.458. The maximum Gasteiger partial charge on any atom is 0.258 e. The molecule has 0 bridgehead atoms. The lowest BCUT2D eigenvalue weighted by atomic mass is 10.1. The summed E-state index contributed by atoms with van der Waals surface area (Å²) in [7, 11) is 0.540. The lowest BCUT2D eigenvalue weighted by molar-refractivity contribution is 0.102. The van der Waals surface area contributed by atoms with E-state index >= 15 is 0 Å². The van der Waals surface area contributed by atoms with Gasteiger partial charge in [-0.25, -0.2) is 8.42 Å². The minimum absolute atomic E-state index is 0.0274. The summed E-state index contributed by atoms with van der Waals surface area (Å²) in [5, 5.41) is 3.31. The molecule has 0 aliphatic carbocycles. The van der Waals surface area contributed by atoms with E-state index in [0.717, 1.165) is 10.6 Å². The number of ether oxygens (including phenoxy) is 3. The normalized spacial score (nSPS) is 11.0. The standard InChI is InChI=1S/C24H25ClN2O6S/c1-31-21-8-6-5-7-19(21)26-24(28)18-13-22(32-2)23(33-3)14-20(18)27(34(4,29)30)15-16-9-11-17(25)12-10-16/h5-14H,15H2,1-4H3,(H,26,28). The predicted octanol–water partition coefficient (Wildman–Crippen LogP) is 4.58. The fourth-order valence-electron chi connectivity index (χ4n) is 3.33. The summed E-state index contributed by atoms with van der Waals surface area (Å²) in [6.45, 7) is -0.0274. The zero-order valence-corrected chi connectivity index (χ0v) is 20.7. The number of carbonyl (C=O) groups excluding carboxylic acids is 1. The van der Waals surface area contributed by atoms with Crippen molar-refractivity contribution < 1.29 is 27.4 Å². The van der Waals surface area contributed by atoms with Gasteiger partial charge in [0.2, 0.25) is 10.0 Å². The summed E-state index contributed by atoms with van der Waals surface area (Å²) in [4.78, 5) is 13.4. The van der Waals surface area contributed by atoms with Gasteiger partial charge in [-0.2, -0.15) is 0 Å². The summed E-state index contributed by atoms with van der Waals surface area (Å²) in [5.74, 6) is 0.455. The molecule has 34 heavy (non-hydrogen) atoms. The molecule has 0 aliphatic heterocycles. The van der Waals surface area contributed by atoms with Gasteiger partial charge in [0.05, 0.1) is 51.1 Å². The fourth-order valence-corrected chi connectivity index (χ4v) is 4.35. The molecule has 180 valence electrons. The van der Waals surface area contributed by atoms with E-state index in [4.69, 9.17) is 25.8 Å². The molecule has 1 amide bonds. The highest BCUT2D eigenvalue weighted by atomic mass is 35.5. The highest BCUT2D eigenvalue weighted by molar-refractivity contribution is 7.92. The van der Waals surface area contributed by atoms with Crippen LogP contribution in [0.5, 0.6) is 17.2 Å². The third kappa shape index (κ3) is 5.73. The molecule has 0 unspecified atom stereocenters. The zero-order valence-electron chi connectivity index (χ0n) is 19.2. The van der Waals surface area contributed by atoms with Crippen molar-refractivity contribution in [3.8, 4) is 17.2 Å². The molecule has 0 spiro atoms. The molecular weight excluding hydrogens is 480 g/mol. The van der Waals surface area contributed by atoms with E-state index in [1.54, 1.807) is 48.5 Å². The number of benzene rings is 3. The van der Waals surface area contributed by atoms with Crippen molar-refractivity contribution in [1.29, 1.82) is 0 Å². The lowest BCUT2D eigenvalue weighted by Gasteiger charge is -2.26. The monoisotopic (exact) mass is 504 g/mol. The Kier molecular flexibility index (Phi) is 7.90. The van der Waals surface area contributed by atoms with E-state index in [1.807, 2.05) is 0 Å². The van der Waals surface area contributed by atoms with Gasteiger partial charge in [0.15, 0.2) is 11.5 Å². The molecule has 0 fully saturated rings. The number of rotatable bonds is 9. The van der Waals surface area contributed by atoms with Crippen molar-refractivity contribution in [2.75, 3.05) is 37.2 Å². The summed E-state index contributed by atoms with van der Waals surface area (Å²) in [6, 6.07) is 16.6. The van der Waals surface area contributed by atoms with Crippen LogP contribution < -0.4 is 23.8 Å². The van der Waals surface area contributed by atoms with Crippen molar-refractivity contribution >= 4 is 38.9 Å². The van der Waals surface area contributed by atoms with Crippen molar-refractivity contribution in [3.63, 3.8) is 0 Å². The molecule has 8 nitrogen and oxygen atoms in total. The van der Waals surface area contributed by atoms with E-state index in [2.05, 4.69) is 5.32 Å². The molecule has 3 aromatic carbocycles. The molecule has 0 aliphatic rings. The summed E-state index contributed by atoms with van der Waals surface area (Å²) >= 11 is 5.97. The van der Waals surface area contributed by atoms with E-state index < -0.39 is 15.9 Å². The number of hydrogen-bond acceptors (Lipinski definition) is 6. The average Bonchev–Trinajstić information content (AvgIpc) is 2.82. The van der Waals surface area contributed by atoms with Crippen molar-refractivity contribution in [2.24, 2.45) is 0 Å². The van der Waals surface area contributed by atoms with Crippen LogP contribution in [-0.4, -0.2) is 41.9 Å². The number of para-hydroxylation sites is 2. The summed E-state index contributed by atoms with van der Waals surface area (Å²) in [5.41, 5.74) is 1.31. The van der Waals surface area contributed by atoms with Gasteiger partial charge in [-0.3, -0.25) is 9.10 Å². The molecule has 0 atom stereocenters. The van der Waals surface area contributed by atoms with Crippen LogP contribution in [0.25, 0.3) is 0 Å². The minimum atomic E-state index is -3.81. The van der Waals surface area contributed by atoms with Gasteiger partial charge < -0.3 is 19.5 Å². The highest BCUT2D eigenvalue weighted by Crippen LogP contribution is 2.37. The van der Waals surface area contributed by atoms with E-state index in [9.17, 15) is 13.2 Å². The Morgan fingerprint density at radius 3 is 2.09 bits per heavy atom. The van der Waals surface area contributed by atoms with Crippen LogP contribution in [0, 0.1) is 0 Å². The van der Waals surface area contributed by atoms with Crippen molar-refractivity contribution in [1.82, 2.24) is 0 Å². The maximum absolute atomic E-state index is 13.4. The molecule has 3 rings (SSSR count). The molecule has 1 N–H and O–H groups in total. The lowest BCUT2D eigenvalue weighted by Crippen LogP contribution is -2.31. The second kappa shape index (κ2) is 10.7. The van der Waals surface area contributed by atoms with Crippen LogP contribution in [0.1, 0.15) is 15.9 Å². The van der Waals surface area contributed by atoms with E-state index in [1.165, 1.54) is 33.5 Å². The SMILES string of the molecule is COc1ccccc1NC(=O)c1cc(OC)c(OC)cc1N(Cc1ccc(Cl)cc1)S(C)(=O)=O. The first-order valence-electron chi connectivity index (χ1n) is 10.1. The van der Waals surface area contributed by atoms with Gasteiger partial charge in [0.1, 0.15) is 5.75 Å². The van der Waals surface area contributed by atoms with Crippen LogP contribution in [-0.2, 0) is 16.6 Å². The summed E-state index contributed by atoms with van der Waals surface area (Å²) in [6.07, 6.45) is 1.07. The molecular formula is C24H25ClN2O6S. The maximum atomic E-state index is 13.4. The molecule has 0 radical (unpaired) electrons. The number of amides is 1. The first-order chi connectivity index (χ1) is 16.2. The Balaban J connectivity index is 2.14. The van der Waals surface area contributed by atoms with E-state index in [-0.39, 0.29) is 29.3 Å². The number of nitrogens with zero attached hydrogens (tertiary/aromatic N) is 1. The van der Waals surface area contributed by atoms with Crippen LogP contribution in [0.4, 0.5) is 11.4 Å². The second-order valence-electron chi connectivity index (χ2n) is 7.27. The Labute approximate surface area is 204 Å². The number of sulfonamides is 1. The average molecular weight is 505 g/mol. The Bertz CT molecular complexity index is 1280. The third-order valence-electron chi connectivity index (χ3n) is 5.01. The molecule has 0 heterocycles. The second-order valence-corrected chi connectivity index (χ2v) is 9.62. The smallest absolute Gasteiger partial charge is 0.258 e. The zero-order chi connectivity index (χ0) is 24.9. The number of carbonyl (C=O) groups is 1. The first kappa shape index (κ1) is 25.2. The van der Waals surface area contributed by atoms with Gasteiger partial charge in [-0.15, -0.1) is 0 Å². The van der Waals surface area contributed by atoms with Gasteiger partial charge >= 0.3 is 0 Å². The van der Waals surface area contributed by atoms with Crippen molar-refractivity contribution in [2.45, 2.75) is 6.54 Å². The predicted molar refractivity (Wildman–Crippen MR) is 133 cm³/mol.